The van der Waals surface area contributed by atoms with E-state index >= 15 is 0 Å². The van der Waals surface area contributed by atoms with Crippen molar-refractivity contribution in [3.8, 4) is 0 Å². The van der Waals surface area contributed by atoms with E-state index in [1.165, 1.54) is 16.9 Å². The summed E-state index contributed by atoms with van der Waals surface area (Å²) in [7, 11) is -3.85. The molecule has 1 saturated carbocycles. The Kier molecular flexibility index (Phi) is 6.11. The molecule has 0 spiro atoms. The molecule has 0 radical (unpaired) electrons. The number of amides is 1. The lowest BCUT2D eigenvalue weighted by Gasteiger charge is -2.26. The molecule has 1 amide bonds. The number of rotatable bonds is 5. The van der Waals surface area contributed by atoms with E-state index in [0.29, 0.717) is 42.2 Å². The molecule has 168 valence electrons. The molecular formula is C21H29N5O4S. The van der Waals surface area contributed by atoms with E-state index in [4.69, 9.17) is 4.52 Å². The molecule has 31 heavy (non-hydrogen) atoms. The van der Waals surface area contributed by atoms with Gasteiger partial charge in [-0.05, 0) is 46.5 Å². The van der Waals surface area contributed by atoms with Crippen LogP contribution in [0, 0.1) is 20.8 Å². The summed E-state index contributed by atoms with van der Waals surface area (Å²) in [5, 5.41) is 6.91. The lowest BCUT2D eigenvalue weighted by molar-refractivity contribution is 0.0924. The van der Waals surface area contributed by atoms with Gasteiger partial charge in [-0.1, -0.05) is 24.4 Å². The largest absolute Gasteiger partial charge is 0.360 e. The molecule has 1 saturated heterocycles. The fraction of sp³-hybridized carbons (Fsp3) is 0.619. The van der Waals surface area contributed by atoms with Crippen molar-refractivity contribution in [1.29, 1.82) is 0 Å². The Labute approximate surface area is 182 Å². The number of aromatic nitrogens is 3. The zero-order chi connectivity index (χ0) is 22.2. The van der Waals surface area contributed by atoms with Crippen molar-refractivity contribution in [1.82, 2.24) is 24.7 Å². The van der Waals surface area contributed by atoms with Crippen LogP contribution < -0.4 is 5.32 Å². The molecule has 0 bridgehead atoms. The van der Waals surface area contributed by atoms with Crippen molar-refractivity contribution in [2.75, 3.05) is 6.54 Å². The number of nitrogens with one attached hydrogen (secondary N) is 1. The number of hydrogen-bond acceptors (Lipinski definition) is 7. The molecule has 0 aromatic carbocycles. The third kappa shape index (κ3) is 4.23. The highest BCUT2D eigenvalue weighted by Crippen LogP contribution is 2.38. The Hall–Kier alpha value is -2.33. The first-order valence-electron chi connectivity index (χ1n) is 10.9. The van der Waals surface area contributed by atoms with Crippen LogP contribution in [0.1, 0.15) is 84.3 Å². The van der Waals surface area contributed by atoms with Gasteiger partial charge in [0.25, 0.3) is 5.91 Å². The van der Waals surface area contributed by atoms with Gasteiger partial charge in [0, 0.05) is 18.8 Å². The first-order valence-corrected chi connectivity index (χ1v) is 12.3. The highest BCUT2D eigenvalue weighted by atomic mass is 32.2. The fourth-order valence-electron chi connectivity index (χ4n) is 4.69. The molecule has 2 fully saturated rings. The van der Waals surface area contributed by atoms with Crippen LogP contribution >= 0.6 is 0 Å². The number of nitrogens with zero attached hydrogens (tertiary/aromatic N) is 4. The number of carbonyl (C=O) groups is 1. The van der Waals surface area contributed by atoms with Crippen LogP contribution in [0.5, 0.6) is 0 Å². The van der Waals surface area contributed by atoms with E-state index in [0.717, 1.165) is 25.7 Å². The van der Waals surface area contributed by atoms with Gasteiger partial charge in [0.05, 0.1) is 17.3 Å². The summed E-state index contributed by atoms with van der Waals surface area (Å²) in [5.74, 6) is 0.534. The highest BCUT2D eigenvalue weighted by Gasteiger charge is 2.41. The second-order valence-corrected chi connectivity index (χ2v) is 10.3. The molecule has 1 atom stereocenters. The quantitative estimate of drug-likeness (QED) is 0.748. The van der Waals surface area contributed by atoms with E-state index < -0.39 is 16.1 Å². The fourth-order valence-corrected chi connectivity index (χ4v) is 6.64. The molecule has 0 unspecified atom stereocenters. The van der Waals surface area contributed by atoms with Gasteiger partial charge in [0.15, 0.2) is 5.76 Å². The third-order valence-electron chi connectivity index (χ3n) is 6.18. The zero-order valence-corrected chi connectivity index (χ0v) is 19.0. The van der Waals surface area contributed by atoms with Gasteiger partial charge in [0.1, 0.15) is 16.4 Å². The SMILES string of the molecule is Cc1ncc(C(=O)NC2CCCCC2)c([C@H]2CCCN2S(=O)(=O)c2c(C)noc2C)n1. The Morgan fingerprint density at radius 2 is 1.87 bits per heavy atom. The summed E-state index contributed by atoms with van der Waals surface area (Å²) in [5.41, 5.74) is 1.15. The minimum Gasteiger partial charge on any atom is -0.360 e. The minimum atomic E-state index is -3.85. The maximum absolute atomic E-state index is 13.5. The Bertz CT molecular complexity index is 1060. The standard InChI is InChI=1S/C21H29N5O4S/c1-13-20(14(2)30-25-13)31(28,29)26-11-7-10-18(26)19-17(12-22-15(3)23-19)21(27)24-16-8-5-4-6-9-16/h12,16,18H,4-11H2,1-3H3,(H,24,27)/t18-/m1/s1. The summed E-state index contributed by atoms with van der Waals surface area (Å²) in [4.78, 5) is 22.0. The summed E-state index contributed by atoms with van der Waals surface area (Å²) in [6.45, 7) is 5.31. The number of carbonyl (C=O) groups excluding carboxylic acids is 1. The molecule has 2 aromatic rings. The predicted molar refractivity (Wildman–Crippen MR) is 113 cm³/mol. The van der Waals surface area contributed by atoms with Crippen LogP contribution in [0.3, 0.4) is 0 Å². The maximum atomic E-state index is 13.5. The van der Waals surface area contributed by atoms with Crippen molar-refractivity contribution in [2.24, 2.45) is 0 Å². The van der Waals surface area contributed by atoms with Gasteiger partial charge >= 0.3 is 0 Å². The monoisotopic (exact) mass is 447 g/mol. The molecule has 2 aromatic heterocycles. The van der Waals surface area contributed by atoms with E-state index in [2.05, 4.69) is 20.4 Å². The maximum Gasteiger partial charge on any atom is 0.254 e. The Morgan fingerprint density at radius 1 is 1.13 bits per heavy atom. The molecule has 1 N–H and O–H groups in total. The average Bonchev–Trinajstić information content (AvgIpc) is 3.36. The molecule has 1 aliphatic heterocycles. The lowest BCUT2D eigenvalue weighted by Crippen LogP contribution is -2.38. The van der Waals surface area contributed by atoms with Crippen molar-refractivity contribution < 1.29 is 17.7 Å². The van der Waals surface area contributed by atoms with Crippen LogP contribution in [0.4, 0.5) is 0 Å². The lowest BCUT2D eigenvalue weighted by atomic mass is 9.95. The van der Waals surface area contributed by atoms with Crippen LogP contribution in [-0.2, 0) is 10.0 Å². The number of aryl methyl sites for hydroxylation is 3. The smallest absolute Gasteiger partial charge is 0.254 e. The Morgan fingerprint density at radius 3 is 2.55 bits per heavy atom. The van der Waals surface area contributed by atoms with Gasteiger partial charge in [-0.2, -0.15) is 4.31 Å². The predicted octanol–water partition coefficient (Wildman–Crippen LogP) is 2.98. The van der Waals surface area contributed by atoms with Crippen LogP contribution in [0.25, 0.3) is 0 Å². The molecule has 9 nitrogen and oxygen atoms in total. The van der Waals surface area contributed by atoms with Crippen LogP contribution in [-0.4, -0.2) is 46.3 Å². The summed E-state index contributed by atoms with van der Waals surface area (Å²) in [6, 6.07) is -0.395. The number of hydrogen-bond donors (Lipinski definition) is 1. The van der Waals surface area contributed by atoms with E-state index in [9.17, 15) is 13.2 Å². The summed E-state index contributed by atoms with van der Waals surface area (Å²) in [6.07, 6.45) is 8.12. The first kappa shape index (κ1) is 21.9. The minimum absolute atomic E-state index is 0.0957. The summed E-state index contributed by atoms with van der Waals surface area (Å²) >= 11 is 0. The van der Waals surface area contributed by atoms with Crippen molar-refractivity contribution in [2.45, 2.75) is 82.7 Å². The molecule has 3 heterocycles. The molecule has 2 aliphatic rings. The zero-order valence-electron chi connectivity index (χ0n) is 18.2. The van der Waals surface area contributed by atoms with Crippen LogP contribution in [0.15, 0.2) is 15.6 Å². The van der Waals surface area contributed by atoms with E-state index in [1.54, 1.807) is 20.8 Å². The average molecular weight is 448 g/mol. The van der Waals surface area contributed by atoms with E-state index in [1.807, 2.05) is 0 Å². The normalized spacial score (nSPS) is 20.8. The summed E-state index contributed by atoms with van der Waals surface area (Å²) < 4.78 is 33.5. The van der Waals surface area contributed by atoms with Crippen molar-refractivity contribution in [3.05, 3.63) is 34.7 Å². The second kappa shape index (κ2) is 8.66. The van der Waals surface area contributed by atoms with Crippen molar-refractivity contribution in [3.63, 3.8) is 0 Å². The molecular weight excluding hydrogens is 418 g/mol. The Balaban J connectivity index is 1.68. The topological polar surface area (TPSA) is 118 Å². The van der Waals surface area contributed by atoms with Gasteiger partial charge in [-0.25, -0.2) is 18.4 Å². The second-order valence-electron chi connectivity index (χ2n) is 8.45. The highest BCUT2D eigenvalue weighted by molar-refractivity contribution is 7.89. The van der Waals surface area contributed by atoms with Gasteiger partial charge in [-0.3, -0.25) is 4.79 Å². The first-order chi connectivity index (χ1) is 14.8. The van der Waals surface area contributed by atoms with Gasteiger partial charge in [-0.15, -0.1) is 0 Å². The number of sulfonamides is 1. The molecule has 1 aliphatic carbocycles. The van der Waals surface area contributed by atoms with E-state index in [-0.39, 0.29) is 22.6 Å². The third-order valence-corrected chi connectivity index (χ3v) is 8.33. The van der Waals surface area contributed by atoms with Gasteiger partial charge < -0.3 is 9.84 Å². The molecule has 4 rings (SSSR count). The molecule has 10 heteroatoms. The van der Waals surface area contributed by atoms with Crippen molar-refractivity contribution >= 4 is 15.9 Å². The van der Waals surface area contributed by atoms with Gasteiger partial charge in [0.2, 0.25) is 10.0 Å². The van der Waals surface area contributed by atoms with Crippen LogP contribution in [0.2, 0.25) is 0 Å².